The Bertz CT molecular complexity index is 969. The fourth-order valence-electron chi connectivity index (χ4n) is 4.40. The van der Waals surface area contributed by atoms with E-state index in [0.717, 1.165) is 56.9 Å². The second-order valence-corrected chi connectivity index (χ2v) is 9.80. The van der Waals surface area contributed by atoms with Crippen LogP contribution in [0.3, 0.4) is 0 Å². The van der Waals surface area contributed by atoms with Crippen LogP contribution < -0.4 is 14.4 Å². The van der Waals surface area contributed by atoms with Gasteiger partial charge < -0.3 is 9.64 Å². The lowest BCUT2D eigenvalue weighted by Gasteiger charge is -2.36. The molecule has 30 heavy (non-hydrogen) atoms. The van der Waals surface area contributed by atoms with Gasteiger partial charge >= 0.3 is 0 Å². The molecular weight excluding hydrogens is 398 g/mol. The lowest BCUT2D eigenvalue weighted by atomic mass is 9.92. The van der Waals surface area contributed by atoms with E-state index in [2.05, 4.69) is 20.6 Å². The highest BCUT2D eigenvalue weighted by molar-refractivity contribution is 7.89. The van der Waals surface area contributed by atoms with E-state index in [0.29, 0.717) is 18.0 Å². The van der Waals surface area contributed by atoms with Crippen molar-refractivity contribution in [1.82, 2.24) is 9.62 Å². The van der Waals surface area contributed by atoms with Crippen LogP contribution in [0.5, 0.6) is 5.75 Å². The Morgan fingerprint density at radius 2 is 1.70 bits per heavy atom. The van der Waals surface area contributed by atoms with E-state index in [9.17, 15) is 8.42 Å². The van der Waals surface area contributed by atoms with Crippen LogP contribution in [0.15, 0.2) is 47.4 Å². The molecule has 1 heterocycles. The lowest BCUT2D eigenvalue weighted by molar-refractivity contribution is 0.261. The summed E-state index contributed by atoms with van der Waals surface area (Å²) >= 11 is 0. The first-order valence-electron chi connectivity index (χ1n) is 10.8. The minimum absolute atomic E-state index is 0.393. The van der Waals surface area contributed by atoms with Gasteiger partial charge in [-0.3, -0.25) is 4.90 Å². The molecule has 0 amide bonds. The van der Waals surface area contributed by atoms with Crippen LogP contribution in [-0.4, -0.2) is 59.7 Å². The van der Waals surface area contributed by atoms with Crippen molar-refractivity contribution in [3.05, 3.63) is 53.6 Å². The molecule has 0 aromatic heterocycles. The number of anilines is 1. The molecule has 7 heteroatoms. The van der Waals surface area contributed by atoms with Crippen molar-refractivity contribution in [2.24, 2.45) is 0 Å². The zero-order valence-electron chi connectivity index (χ0n) is 17.6. The van der Waals surface area contributed by atoms with Crippen LogP contribution in [0, 0.1) is 0 Å². The average molecular weight is 430 g/mol. The summed E-state index contributed by atoms with van der Waals surface area (Å²) in [6, 6.07) is 13.7. The number of ether oxygens (including phenoxy) is 1. The normalized spacial score (nSPS) is 17.6. The number of nitrogens with one attached hydrogen (secondary N) is 1. The van der Waals surface area contributed by atoms with Crippen LogP contribution in [-0.2, 0) is 22.9 Å². The maximum Gasteiger partial charge on any atom is 0.240 e. The fourth-order valence-corrected chi connectivity index (χ4v) is 5.47. The number of benzene rings is 2. The highest BCUT2D eigenvalue weighted by Crippen LogP contribution is 2.28. The molecule has 2 aromatic carbocycles. The van der Waals surface area contributed by atoms with Crippen molar-refractivity contribution < 1.29 is 13.2 Å². The monoisotopic (exact) mass is 429 g/mol. The lowest BCUT2D eigenvalue weighted by Crippen LogP contribution is -2.48. The number of hydrogen-bond acceptors (Lipinski definition) is 5. The van der Waals surface area contributed by atoms with Gasteiger partial charge in [0.15, 0.2) is 0 Å². The number of methoxy groups -OCH3 is 1. The van der Waals surface area contributed by atoms with Gasteiger partial charge in [0.25, 0.3) is 0 Å². The van der Waals surface area contributed by atoms with Crippen molar-refractivity contribution in [1.29, 1.82) is 0 Å². The number of fused-ring (bicyclic) bond motifs is 1. The molecule has 2 aromatic rings. The standard InChI is InChI=1S/C23H31N3O3S/c1-29-23-9-5-4-8-22(23)26-16-14-25(15-17-26)13-12-24-30(27,28)21-11-10-19-6-2-3-7-20(19)18-21/h4-5,8-11,18,24H,2-3,6-7,12-17H2,1H3. The number of rotatable bonds is 7. The summed E-state index contributed by atoms with van der Waals surface area (Å²) in [7, 11) is -1.76. The maximum absolute atomic E-state index is 12.7. The van der Waals surface area contributed by atoms with Crippen LogP contribution in [0.4, 0.5) is 5.69 Å². The molecule has 0 bridgehead atoms. The van der Waals surface area contributed by atoms with Crippen LogP contribution >= 0.6 is 0 Å². The van der Waals surface area contributed by atoms with E-state index in [4.69, 9.17) is 4.74 Å². The van der Waals surface area contributed by atoms with Crippen molar-refractivity contribution >= 4 is 15.7 Å². The zero-order chi connectivity index (χ0) is 21.0. The Balaban J connectivity index is 1.28. The van der Waals surface area contributed by atoms with Crippen LogP contribution in [0.2, 0.25) is 0 Å². The number of nitrogens with zero attached hydrogens (tertiary/aromatic N) is 2. The van der Waals surface area contributed by atoms with Crippen molar-refractivity contribution in [2.45, 2.75) is 30.6 Å². The summed E-state index contributed by atoms with van der Waals surface area (Å²) in [5, 5.41) is 0. The number of aryl methyl sites for hydroxylation is 2. The molecule has 6 nitrogen and oxygen atoms in total. The summed E-state index contributed by atoms with van der Waals surface area (Å²) in [4.78, 5) is 5.03. The maximum atomic E-state index is 12.7. The smallest absolute Gasteiger partial charge is 0.240 e. The molecule has 0 saturated carbocycles. The molecule has 0 atom stereocenters. The molecule has 2 aliphatic rings. The Hall–Kier alpha value is -2.09. The minimum atomic E-state index is -3.46. The summed E-state index contributed by atoms with van der Waals surface area (Å²) in [5.74, 6) is 0.892. The van der Waals surface area contributed by atoms with Gasteiger partial charge in [-0.25, -0.2) is 13.1 Å². The first-order valence-corrected chi connectivity index (χ1v) is 12.3. The molecule has 1 fully saturated rings. The predicted octanol–water partition coefficient (Wildman–Crippen LogP) is 2.67. The Morgan fingerprint density at radius 1 is 0.967 bits per heavy atom. The largest absolute Gasteiger partial charge is 0.495 e. The van der Waals surface area contributed by atoms with Crippen molar-refractivity contribution in [3.63, 3.8) is 0 Å². The average Bonchev–Trinajstić information content (AvgIpc) is 2.79. The molecule has 0 radical (unpaired) electrons. The summed E-state index contributed by atoms with van der Waals surface area (Å²) in [5.41, 5.74) is 3.61. The third-order valence-electron chi connectivity index (χ3n) is 6.15. The number of hydrogen-bond donors (Lipinski definition) is 1. The Labute approximate surface area is 179 Å². The van der Waals surface area contributed by atoms with Gasteiger partial charge in [0.05, 0.1) is 17.7 Å². The van der Waals surface area contributed by atoms with Gasteiger partial charge in [-0.05, 0) is 61.1 Å². The molecule has 1 aliphatic carbocycles. The van der Waals surface area contributed by atoms with E-state index in [1.165, 1.54) is 17.5 Å². The molecule has 4 rings (SSSR count). The highest BCUT2D eigenvalue weighted by atomic mass is 32.2. The molecule has 1 aliphatic heterocycles. The third-order valence-corrected chi connectivity index (χ3v) is 7.61. The van der Waals surface area contributed by atoms with E-state index in [1.807, 2.05) is 30.3 Å². The second kappa shape index (κ2) is 9.37. The number of sulfonamides is 1. The minimum Gasteiger partial charge on any atom is -0.495 e. The molecule has 0 unspecified atom stereocenters. The summed E-state index contributed by atoms with van der Waals surface area (Å²) < 4.78 is 33.7. The van der Waals surface area contributed by atoms with Crippen LogP contribution in [0.25, 0.3) is 0 Å². The third kappa shape index (κ3) is 4.79. The van der Waals surface area contributed by atoms with Crippen molar-refractivity contribution in [3.8, 4) is 5.75 Å². The van der Waals surface area contributed by atoms with Crippen LogP contribution in [0.1, 0.15) is 24.0 Å². The molecular formula is C23H31N3O3S. The van der Waals surface area contributed by atoms with E-state index >= 15 is 0 Å². The van der Waals surface area contributed by atoms with Gasteiger partial charge in [-0.1, -0.05) is 18.2 Å². The van der Waals surface area contributed by atoms with E-state index in [-0.39, 0.29) is 0 Å². The van der Waals surface area contributed by atoms with E-state index < -0.39 is 10.0 Å². The SMILES string of the molecule is COc1ccccc1N1CCN(CCNS(=O)(=O)c2ccc3c(c2)CCCC3)CC1. The fraction of sp³-hybridized carbons (Fsp3) is 0.478. The number of para-hydroxylation sites is 2. The second-order valence-electron chi connectivity index (χ2n) is 8.04. The summed E-state index contributed by atoms with van der Waals surface area (Å²) in [6.45, 7) is 4.74. The summed E-state index contributed by atoms with van der Waals surface area (Å²) in [6.07, 6.45) is 4.38. The zero-order valence-corrected chi connectivity index (χ0v) is 18.5. The molecule has 1 saturated heterocycles. The number of piperazine rings is 1. The van der Waals surface area contributed by atoms with Gasteiger partial charge in [0, 0.05) is 39.3 Å². The molecule has 162 valence electrons. The molecule has 0 spiro atoms. The first-order chi connectivity index (χ1) is 14.6. The Kier molecular flexibility index (Phi) is 6.61. The van der Waals surface area contributed by atoms with E-state index in [1.54, 1.807) is 13.2 Å². The Morgan fingerprint density at radius 3 is 2.47 bits per heavy atom. The van der Waals surface area contributed by atoms with Gasteiger partial charge in [-0.15, -0.1) is 0 Å². The van der Waals surface area contributed by atoms with Gasteiger partial charge in [-0.2, -0.15) is 0 Å². The van der Waals surface area contributed by atoms with Gasteiger partial charge in [0.1, 0.15) is 5.75 Å². The molecule has 1 N–H and O–H groups in total. The predicted molar refractivity (Wildman–Crippen MR) is 120 cm³/mol. The highest BCUT2D eigenvalue weighted by Gasteiger charge is 2.21. The first kappa shape index (κ1) is 21.2. The quantitative estimate of drug-likeness (QED) is 0.733. The topological polar surface area (TPSA) is 61.9 Å². The van der Waals surface area contributed by atoms with Crippen molar-refractivity contribution in [2.75, 3.05) is 51.3 Å². The van der Waals surface area contributed by atoms with Gasteiger partial charge in [0.2, 0.25) is 10.0 Å².